The number of allylic oxidation sites excluding steroid dienone is 1. The lowest BCUT2D eigenvalue weighted by molar-refractivity contribution is -0.125. The zero-order valence-electron chi connectivity index (χ0n) is 10.9. The summed E-state index contributed by atoms with van der Waals surface area (Å²) in [7, 11) is 1.52. The summed E-state index contributed by atoms with van der Waals surface area (Å²) in [6.07, 6.45) is 3.82. The molecule has 3 aliphatic heterocycles. The Morgan fingerprint density at radius 1 is 1.37 bits per heavy atom. The molecule has 0 aromatic heterocycles. The molecular formula is C15H17NO3. The molecule has 1 aromatic rings. The van der Waals surface area contributed by atoms with Crippen molar-refractivity contribution in [2.24, 2.45) is 5.92 Å². The van der Waals surface area contributed by atoms with Gasteiger partial charge in [-0.25, -0.2) is 0 Å². The minimum absolute atomic E-state index is 0.0975. The first-order chi connectivity index (χ1) is 9.19. The SMILES string of the molecule is COc1ccc(/C=C2/C(=O)C3CCN2CC3)cc1O. The molecule has 1 aromatic carbocycles. The number of ketones is 1. The number of phenols is 1. The van der Waals surface area contributed by atoms with Crippen LogP contribution < -0.4 is 4.74 Å². The van der Waals surface area contributed by atoms with Crippen molar-refractivity contribution in [1.29, 1.82) is 0 Å². The second-order valence-electron chi connectivity index (χ2n) is 5.09. The maximum absolute atomic E-state index is 12.2. The highest BCUT2D eigenvalue weighted by Crippen LogP contribution is 2.33. The number of carbonyl (C=O) groups is 1. The van der Waals surface area contributed by atoms with Gasteiger partial charge in [-0.3, -0.25) is 4.79 Å². The van der Waals surface area contributed by atoms with Crippen molar-refractivity contribution in [3.8, 4) is 11.5 Å². The van der Waals surface area contributed by atoms with Crippen molar-refractivity contribution >= 4 is 11.9 Å². The average Bonchev–Trinajstić information content (AvgIpc) is 2.43. The standard InChI is InChI=1S/C15H17NO3/c1-19-14-3-2-10(9-13(14)17)8-12-15(18)11-4-6-16(12)7-5-11/h2-3,8-9,11,17H,4-7H2,1H3/b12-8-. The first-order valence-electron chi connectivity index (χ1n) is 6.57. The molecule has 0 amide bonds. The molecule has 3 heterocycles. The lowest BCUT2D eigenvalue weighted by Crippen LogP contribution is -2.45. The summed E-state index contributed by atoms with van der Waals surface area (Å²) in [5.41, 5.74) is 1.61. The number of aromatic hydroxyl groups is 1. The second-order valence-corrected chi connectivity index (χ2v) is 5.09. The number of methoxy groups -OCH3 is 1. The summed E-state index contributed by atoms with van der Waals surface area (Å²) in [5.74, 6) is 0.982. The van der Waals surface area contributed by atoms with Gasteiger partial charge in [-0.05, 0) is 36.6 Å². The van der Waals surface area contributed by atoms with Crippen LogP contribution in [0, 0.1) is 5.92 Å². The number of rotatable bonds is 2. The van der Waals surface area contributed by atoms with E-state index in [4.69, 9.17) is 4.74 Å². The van der Waals surface area contributed by atoms with Crippen molar-refractivity contribution in [2.45, 2.75) is 12.8 Å². The molecule has 0 saturated carbocycles. The first-order valence-corrected chi connectivity index (χ1v) is 6.57. The van der Waals surface area contributed by atoms with Gasteiger partial charge in [0.1, 0.15) is 0 Å². The largest absolute Gasteiger partial charge is 0.504 e. The average molecular weight is 259 g/mol. The van der Waals surface area contributed by atoms with E-state index in [-0.39, 0.29) is 17.5 Å². The van der Waals surface area contributed by atoms with E-state index in [1.807, 2.05) is 12.1 Å². The summed E-state index contributed by atoms with van der Waals surface area (Å²) in [6, 6.07) is 5.19. The van der Waals surface area contributed by atoms with Crippen LogP contribution in [0.4, 0.5) is 0 Å². The molecule has 1 N–H and O–H groups in total. The number of Topliss-reactive ketones (excluding diaryl/α,β-unsaturated/α-hetero) is 1. The Hall–Kier alpha value is -1.97. The van der Waals surface area contributed by atoms with Gasteiger partial charge >= 0.3 is 0 Å². The molecule has 4 nitrogen and oxygen atoms in total. The van der Waals surface area contributed by atoms with Gasteiger partial charge in [-0.1, -0.05) is 6.07 Å². The molecular weight excluding hydrogens is 242 g/mol. The molecule has 100 valence electrons. The van der Waals surface area contributed by atoms with Crippen LogP contribution in [0.1, 0.15) is 18.4 Å². The molecule has 0 spiro atoms. The Morgan fingerprint density at radius 3 is 2.68 bits per heavy atom. The fraction of sp³-hybridized carbons (Fsp3) is 0.400. The number of hydrogen-bond donors (Lipinski definition) is 1. The van der Waals surface area contributed by atoms with E-state index in [1.54, 1.807) is 12.1 Å². The fourth-order valence-electron chi connectivity index (χ4n) is 2.86. The molecule has 19 heavy (non-hydrogen) atoms. The van der Waals surface area contributed by atoms with Gasteiger partial charge in [0.2, 0.25) is 0 Å². The minimum Gasteiger partial charge on any atom is -0.504 e. The Labute approximate surface area is 112 Å². The maximum atomic E-state index is 12.2. The third-order valence-corrected chi connectivity index (χ3v) is 3.97. The van der Waals surface area contributed by atoms with E-state index < -0.39 is 0 Å². The highest BCUT2D eigenvalue weighted by molar-refractivity contribution is 6.01. The van der Waals surface area contributed by atoms with E-state index in [9.17, 15) is 9.90 Å². The third-order valence-electron chi connectivity index (χ3n) is 3.97. The van der Waals surface area contributed by atoms with Gasteiger partial charge < -0.3 is 14.7 Å². The summed E-state index contributed by atoms with van der Waals surface area (Å²) in [4.78, 5) is 14.3. The Balaban J connectivity index is 1.93. The Kier molecular flexibility index (Phi) is 2.93. The summed E-state index contributed by atoms with van der Waals surface area (Å²) in [6.45, 7) is 1.93. The smallest absolute Gasteiger partial charge is 0.182 e. The van der Waals surface area contributed by atoms with Crippen molar-refractivity contribution < 1.29 is 14.6 Å². The minimum atomic E-state index is 0.0975. The van der Waals surface area contributed by atoms with Crippen LogP contribution in [0.3, 0.4) is 0 Å². The number of ether oxygens (including phenoxy) is 1. The highest BCUT2D eigenvalue weighted by Gasteiger charge is 2.36. The Bertz CT molecular complexity index is 542. The first kappa shape index (κ1) is 12.1. The van der Waals surface area contributed by atoms with E-state index in [2.05, 4.69) is 4.90 Å². The third kappa shape index (κ3) is 2.07. The normalized spacial score (nSPS) is 21.2. The van der Waals surface area contributed by atoms with Crippen molar-refractivity contribution in [2.75, 3.05) is 20.2 Å². The maximum Gasteiger partial charge on any atom is 0.182 e. The molecule has 0 radical (unpaired) electrons. The van der Waals surface area contributed by atoms with Gasteiger partial charge in [0, 0.05) is 19.0 Å². The monoisotopic (exact) mass is 259 g/mol. The van der Waals surface area contributed by atoms with Gasteiger partial charge in [0.25, 0.3) is 0 Å². The molecule has 0 aliphatic carbocycles. The predicted molar refractivity (Wildman–Crippen MR) is 71.9 cm³/mol. The number of hydrogen-bond acceptors (Lipinski definition) is 4. The molecule has 0 atom stereocenters. The zero-order chi connectivity index (χ0) is 13.4. The lowest BCUT2D eigenvalue weighted by Gasteiger charge is -2.41. The highest BCUT2D eigenvalue weighted by atomic mass is 16.5. The van der Waals surface area contributed by atoms with Crippen LogP contribution in [-0.2, 0) is 4.79 Å². The number of benzene rings is 1. The van der Waals surface area contributed by atoms with Gasteiger partial charge in [-0.2, -0.15) is 0 Å². The van der Waals surface area contributed by atoms with Crippen molar-refractivity contribution in [1.82, 2.24) is 4.90 Å². The van der Waals surface area contributed by atoms with E-state index in [1.165, 1.54) is 7.11 Å². The Morgan fingerprint density at radius 2 is 2.11 bits per heavy atom. The topological polar surface area (TPSA) is 49.8 Å². The summed E-state index contributed by atoms with van der Waals surface area (Å²) >= 11 is 0. The molecule has 4 heteroatoms. The molecule has 0 unspecified atom stereocenters. The number of phenolic OH excluding ortho intramolecular Hbond substituents is 1. The number of carbonyl (C=O) groups excluding carboxylic acids is 1. The predicted octanol–water partition coefficient (Wildman–Crippen LogP) is 2.04. The van der Waals surface area contributed by atoms with Crippen molar-refractivity contribution in [3.05, 3.63) is 29.5 Å². The van der Waals surface area contributed by atoms with E-state index in [0.29, 0.717) is 5.75 Å². The molecule has 4 rings (SSSR count). The van der Waals surface area contributed by atoms with Gasteiger partial charge in [0.05, 0.1) is 12.8 Å². The van der Waals surface area contributed by atoms with Crippen LogP contribution >= 0.6 is 0 Å². The van der Waals surface area contributed by atoms with E-state index >= 15 is 0 Å². The molecule has 3 fully saturated rings. The zero-order valence-corrected chi connectivity index (χ0v) is 10.9. The van der Waals surface area contributed by atoms with Crippen LogP contribution in [-0.4, -0.2) is 36.0 Å². The number of fused-ring (bicyclic) bond motifs is 3. The quantitative estimate of drug-likeness (QED) is 0.826. The number of nitrogens with zero attached hydrogens (tertiary/aromatic N) is 1. The van der Waals surface area contributed by atoms with Gasteiger partial charge in [0.15, 0.2) is 17.3 Å². The van der Waals surface area contributed by atoms with Crippen molar-refractivity contribution in [3.63, 3.8) is 0 Å². The molecule has 3 aliphatic rings. The van der Waals surface area contributed by atoms with E-state index in [0.717, 1.165) is 37.2 Å². The van der Waals surface area contributed by atoms with Crippen LogP contribution in [0.2, 0.25) is 0 Å². The second kappa shape index (κ2) is 4.61. The number of piperidine rings is 3. The van der Waals surface area contributed by atoms with Gasteiger partial charge in [-0.15, -0.1) is 0 Å². The summed E-state index contributed by atoms with van der Waals surface area (Å²) < 4.78 is 5.01. The molecule has 3 saturated heterocycles. The summed E-state index contributed by atoms with van der Waals surface area (Å²) in [5, 5.41) is 9.77. The van der Waals surface area contributed by atoms with Crippen LogP contribution in [0.15, 0.2) is 23.9 Å². The molecule has 2 bridgehead atoms. The fourth-order valence-corrected chi connectivity index (χ4v) is 2.86. The lowest BCUT2D eigenvalue weighted by atomic mass is 9.84. The van der Waals surface area contributed by atoms with Crippen LogP contribution in [0.25, 0.3) is 6.08 Å². The van der Waals surface area contributed by atoms with Crippen LogP contribution in [0.5, 0.6) is 11.5 Å².